The maximum Gasteiger partial charge on any atom is 0.325 e. The first-order valence-electron chi connectivity index (χ1n) is 11.9. The molecule has 0 radical (unpaired) electrons. The molecular formula is C23H41O5P. The van der Waals surface area contributed by atoms with Crippen LogP contribution in [0.2, 0.25) is 0 Å². The standard InChI is InChI=1S/C23H41O5P/c1-14(8-11-29(26,27)28)17-4-5-18-21-19(7-10-23(17,18)3)22(2)9-6-16(24)12-15(22)13-20(21)25/h14-21,24-25H,4-13H2,1-3H3,(H2,26,27,28)/t14-,15+,16-,17-,18+,19+,20+,21+,22+,23-/m1/s1. The van der Waals surface area contributed by atoms with Gasteiger partial charge in [0.25, 0.3) is 0 Å². The number of aliphatic hydroxyl groups excluding tert-OH is 2. The Morgan fingerprint density at radius 2 is 1.62 bits per heavy atom. The summed E-state index contributed by atoms with van der Waals surface area (Å²) in [6.07, 6.45) is 8.36. The van der Waals surface area contributed by atoms with Crippen LogP contribution in [0.3, 0.4) is 0 Å². The first-order valence-corrected chi connectivity index (χ1v) is 13.7. The molecule has 0 aromatic carbocycles. The number of hydrogen-bond acceptors (Lipinski definition) is 3. The second kappa shape index (κ2) is 7.59. The molecule has 4 rings (SSSR count). The summed E-state index contributed by atoms with van der Waals surface area (Å²) in [4.78, 5) is 18.6. The summed E-state index contributed by atoms with van der Waals surface area (Å²) in [6, 6.07) is 0. The summed E-state index contributed by atoms with van der Waals surface area (Å²) in [6.45, 7) is 7.02. The molecule has 4 aliphatic rings. The molecule has 0 aromatic rings. The monoisotopic (exact) mass is 428 g/mol. The highest BCUT2D eigenvalue weighted by molar-refractivity contribution is 7.51. The maximum atomic E-state index is 11.4. The smallest absolute Gasteiger partial charge is 0.325 e. The molecule has 0 saturated heterocycles. The summed E-state index contributed by atoms with van der Waals surface area (Å²) >= 11 is 0. The Balaban J connectivity index is 1.54. The molecule has 0 heterocycles. The lowest BCUT2D eigenvalue weighted by atomic mass is 9.43. The van der Waals surface area contributed by atoms with Crippen molar-refractivity contribution in [2.45, 2.75) is 90.8 Å². The number of fused-ring (bicyclic) bond motifs is 5. The van der Waals surface area contributed by atoms with E-state index < -0.39 is 7.60 Å². The van der Waals surface area contributed by atoms with E-state index in [1.807, 2.05) is 0 Å². The van der Waals surface area contributed by atoms with Gasteiger partial charge in [-0.3, -0.25) is 4.57 Å². The third-order valence-electron chi connectivity index (χ3n) is 10.3. The fourth-order valence-electron chi connectivity index (χ4n) is 8.75. The zero-order valence-corrected chi connectivity index (χ0v) is 19.2. The van der Waals surface area contributed by atoms with E-state index in [9.17, 15) is 24.6 Å². The summed E-state index contributed by atoms with van der Waals surface area (Å²) in [7, 11) is -3.94. The normalized spacial score (nSPS) is 51.1. The molecule has 4 N–H and O–H groups in total. The number of aliphatic hydroxyl groups is 2. The van der Waals surface area contributed by atoms with E-state index in [1.165, 1.54) is 6.42 Å². The van der Waals surface area contributed by atoms with Gasteiger partial charge in [-0.25, -0.2) is 0 Å². The van der Waals surface area contributed by atoms with Gasteiger partial charge in [0.1, 0.15) is 0 Å². The van der Waals surface area contributed by atoms with Crippen LogP contribution in [0.25, 0.3) is 0 Å². The molecule has 4 fully saturated rings. The Morgan fingerprint density at radius 3 is 2.31 bits per heavy atom. The van der Waals surface area contributed by atoms with E-state index in [1.54, 1.807) is 0 Å². The van der Waals surface area contributed by atoms with E-state index in [-0.39, 0.29) is 29.2 Å². The average molecular weight is 429 g/mol. The van der Waals surface area contributed by atoms with E-state index in [0.29, 0.717) is 41.9 Å². The Kier molecular flexibility index (Phi) is 5.83. The van der Waals surface area contributed by atoms with Crippen LogP contribution in [0.1, 0.15) is 78.6 Å². The maximum absolute atomic E-state index is 11.4. The quantitative estimate of drug-likeness (QED) is 0.504. The van der Waals surface area contributed by atoms with Gasteiger partial charge in [0, 0.05) is 0 Å². The van der Waals surface area contributed by atoms with Crippen LogP contribution in [-0.4, -0.2) is 38.4 Å². The van der Waals surface area contributed by atoms with Gasteiger partial charge in [0.15, 0.2) is 0 Å². The minimum absolute atomic E-state index is 0.0117. The van der Waals surface area contributed by atoms with Crippen molar-refractivity contribution in [3.8, 4) is 0 Å². The Hall–Kier alpha value is 0.0700. The molecule has 168 valence electrons. The van der Waals surface area contributed by atoms with Gasteiger partial charge >= 0.3 is 7.60 Å². The van der Waals surface area contributed by atoms with Crippen LogP contribution in [0, 0.1) is 46.3 Å². The predicted octanol–water partition coefficient (Wildman–Crippen LogP) is 4.18. The molecule has 0 bridgehead atoms. The molecule has 5 nitrogen and oxygen atoms in total. The van der Waals surface area contributed by atoms with Crippen molar-refractivity contribution in [2.24, 2.45) is 46.3 Å². The van der Waals surface area contributed by atoms with Gasteiger partial charge in [-0.15, -0.1) is 0 Å². The van der Waals surface area contributed by atoms with Crippen LogP contribution in [0.5, 0.6) is 0 Å². The van der Waals surface area contributed by atoms with Gasteiger partial charge < -0.3 is 20.0 Å². The Labute approximate surface area is 175 Å². The topological polar surface area (TPSA) is 98.0 Å². The van der Waals surface area contributed by atoms with Crippen LogP contribution in [0.15, 0.2) is 0 Å². The van der Waals surface area contributed by atoms with Crippen molar-refractivity contribution in [2.75, 3.05) is 6.16 Å². The number of rotatable bonds is 4. The Bertz CT molecular complexity index is 664. The van der Waals surface area contributed by atoms with Gasteiger partial charge in [0.05, 0.1) is 18.4 Å². The van der Waals surface area contributed by atoms with Crippen molar-refractivity contribution >= 4 is 7.60 Å². The van der Waals surface area contributed by atoms with Gasteiger partial charge in [-0.1, -0.05) is 20.8 Å². The highest BCUT2D eigenvalue weighted by atomic mass is 31.2. The van der Waals surface area contributed by atoms with Crippen molar-refractivity contribution in [3.05, 3.63) is 0 Å². The van der Waals surface area contributed by atoms with Crippen LogP contribution >= 0.6 is 7.60 Å². The molecule has 10 atom stereocenters. The van der Waals surface area contributed by atoms with Crippen molar-refractivity contribution in [3.63, 3.8) is 0 Å². The second-order valence-electron chi connectivity index (χ2n) is 11.6. The van der Waals surface area contributed by atoms with Crippen LogP contribution < -0.4 is 0 Å². The molecule has 0 aliphatic heterocycles. The summed E-state index contributed by atoms with van der Waals surface area (Å²) in [5.74, 6) is 2.65. The first-order chi connectivity index (χ1) is 13.5. The second-order valence-corrected chi connectivity index (χ2v) is 13.4. The molecule has 0 unspecified atom stereocenters. The zero-order valence-electron chi connectivity index (χ0n) is 18.3. The summed E-state index contributed by atoms with van der Waals surface area (Å²) < 4.78 is 11.4. The fourth-order valence-corrected chi connectivity index (χ4v) is 9.49. The lowest BCUT2D eigenvalue weighted by molar-refractivity contribution is -0.174. The molecule has 0 amide bonds. The molecule has 29 heavy (non-hydrogen) atoms. The van der Waals surface area contributed by atoms with E-state index in [0.717, 1.165) is 44.9 Å². The molecular weight excluding hydrogens is 387 g/mol. The highest BCUT2D eigenvalue weighted by Gasteiger charge is 2.62. The average Bonchev–Trinajstić information content (AvgIpc) is 2.98. The van der Waals surface area contributed by atoms with E-state index in [2.05, 4.69) is 20.8 Å². The summed E-state index contributed by atoms with van der Waals surface area (Å²) in [5, 5.41) is 21.5. The minimum Gasteiger partial charge on any atom is -0.393 e. The zero-order chi connectivity index (χ0) is 21.2. The molecule has 0 spiro atoms. The SMILES string of the molecule is C[C@H](CCP(=O)(O)O)[C@H]1CC[C@H]2[C@@H]3[C@@H](O)C[C@@H]4C[C@H](O)CC[C@]4(C)[C@H]3CC[C@]12C. The minimum atomic E-state index is -3.94. The third-order valence-corrected chi connectivity index (χ3v) is 11.1. The van der Waals surface area contributed by atoms with Crippen LogP contribution in [0.4, 0.5) is 0 Å². The highest BCUT2D eigenvalue weighted by Crippen LogP contribution is 2.68. The number of hydrogen-bond donors (Lipinski definition) is 4. The lowest BCUT2D eigenvalue weighted by Gasteiger charge is -2.62. The van der Waals surface area contributed by atoms with Crippen molar-refractivity contribution < 1.29 is 24.6 Å². The molecule has 0 aromatic heterocycles. The van der Waals surface area contributed by atoms with E-state index in [4.69, 9.17) is 0 Å². The van der Waals surface area contributed by atoms with Gasteiger partial charge in [-0.2, -0.15) is 0 Å². The van der Waals surface area contributed by atoms with E-state index >= 15 is 0 Å². The first kappa shape index (κ1) is 22.3. The Morgan fingerprint density at radius 1 is 0.966 bits per heavy atom. The van der Waals surface area contributed by atoms with Crippen molar-refractivity contribution in [1.29, 1.82) is 0 Å². The third kappa shape index (κ3) is 3.78. The molecule has 4 saturated carbocycles. The van der Waals surface area contributed by atoms with Gasteiger partial charge in [0.2, 0.25) is 0 Å². The lowest BCUT2D eigenvalue weighted by Crippen LogP contribution is -2.58. The summed E-state index contributed by atoms with van der Waals surface area (Å²) in [5.41, 5.74) is 0.419. The molecule has 6 heteroatoms. The molecule has 4 aliphatic carbocycles. The van der Waals surface area contributed by atoms with Gasteiger partial charge in [-0.05, 0) is 104 Å². The van der Waals surface area contributed by atoms with Crippen LogP contribution in [-0.2, 0) is 4.57 Å². The largest absolute Gasteiger partial charge is 0.393 e. The van der Waals surface area contributed by atoms with Crippen molar-refractivity contribution in [1.82, 2.24) is 0 Å². The fraction of sp³-hybridized carbons (Fsp3) is 1.00. The predicted molar refractivity (Wildman–Crippen MR) is 113 cm³/mol.